The van der Waals surface area contributed by atoms with E-state index in [4.69, 9.17) is 5.11 Å². The first-order chi connectivity index (χ1) is 9.13. The molecule has 0 atom stereocenters. The molecule has 1 heterocycles. The van der Waals surface area contributed by atoms with Crippen LogP contribution in [0.5, 0.6) is 0 Å². The summed E-state index contributed by atoms with van der Waals surface area (Å²) in [6, 6.07) is 0.373. The van der Waals surface area contributed by atoms with Gasteiger partial charge in [-0.2, -0.15) is 0 Å². The molecule has 5 nitrogen and oxygen atoms in total. The topological polar surface area (TPSA) is 66.3 Å². The molecular formula is C14H21N3O2. The zero-order chi connectivity index (χ0) is 13.8. The zero-order valence-corrected chi connectivity index (χ0v) is 11.5. The van der Waals surface area contributed by atoms with Crippen LogP contribution in [0.2, 0.25) is 0 Å². The molecular weight excluding hydrogens is 242 g/mol. The summed E-state index contributed by atoms with van der Waals surface area (Å²) in [5, 5.41) is 9.16. The molecule has 0 aliphatic heterocycles. The largest absolute Gasteiger partial charge is 0.476 e. The Labute approximate surface area is 113 Å². The van der Waals surface area contributed by atoms with E-state index in [9.17, 15) is 4.79 Å². The molecule has 1 N–H and O–H groups in total. The second kappa shape index (κ2) is 5.99. The van der Waals surface area contributed by atoms with E-state index in [-0.39, 0.29) is 5.69 Å². The quantitative estimate of drug-likeness (QED) is 0.904. The molecule has 0 aromatic carbocycles. The van der Waals surface area contributed by atoms with E-state index in [0.717, 1.165) is 18.8 Å². The Morgan fingerprint density at radius 1 is 1.32 bits per heavy atom. The number of carboxylic acids is 1. The van der Waals surface area contributed by atoms with Crippen molar-refractivity contribution in [2.75, 3.05) is 11.9 Å². The Kier molecular flexibility index (Phi) is 4.35. The number of nitrogens with zero attached hydrogens (tertiary/aromatic N) is 3. The van der Waals surface area contributed by atoms with Crippen molar-refractivity contribution in [2.45, 2.75) is 45.1 Å². The number of aromatic carboxylic acids is 1. The van der Waals surface area contributed by atoms with Crippen molar-refractivity contribution >= 4 is 11.8 Å². The molecule has 1 aliphatic carbocycles. The molecule has 1 aromatic heterocycles. The van der Waals surface area contributed by atoms with E-state index >= 15 is 0 Å². The van der Waals surface area contributed by atoms with Gasteiger partial charge in [0.05, 0.1) is 0 Å². The van der Waals surface area contributed by atoms with Gasteiger partial charge in [0.1, 0.15) is 0 Å². The van der Waals surface area contributed by atoms with E-state index in [0.29, 0.717) is 11.9 Å². The highest BCUT2D eigenvalue weighted by Gasteiger charge is 2.26. The molecule has 0 amide bonds. The van der Waals surface area contributed by atoms with Gasteiger partial charge in [0.25, 0.3) is 0 Å². The first kappa shape index (κ1) is 13.8. The third-order valence-corrected chi connectivity index (χ3v) is 4.16. The predicted octanol–water partition coefficient (Wildman–Crippen LogP) is 2.58. The highest BCUT2D eigenvalue weighted by molar-refractivity contribution is 5.90. The average Bonchev–Trinajstić information content (AvgIpc) is 2.46. The third kappa shape index (κ3) is 3.03. The number of aromatic nitrogens is 2. The summed E-state index contributed by atoms with van der Waals surface area (Å²) in [6.45, 7) is 2.24. The molecule has 5 heteroatoms. The van der Waals surface area contributed by atoms with Crippen molar-refractivity contribution < 1.29 is 9.90 Å². The fourth-order valence-electron chi connectivity index (χ4n) is 2.85. The molecule has 1 fully saturated rings. The fraction of sp³-hybridized carbons (Fsp3) is 0.643. The van der Waals surface area contributed by atoms with Gasteiger partial charge in [-0.15, -0.1) is 0 Å². The standard InChI is InChI=1S/C14H21N3O2/c1-3-10-4-6-11(7-5-10)17(2)13-12(14(18)19)15-8-9-16-13/h8-11H,3-7H2,1-2H3,(H,18,19). The van der Waals surface area contributed by atoms with E-state index < -0.39 is 5.97 Å². The summed E-state index contributed by atoms with van der Waals surface area (Å²) < 4.78 is 0. The number of rotatable bonds is 4. The van der Waals surface area contributed by atoms with Gasteiger partial charge in [-0.1, -0.05) is 13.3 Å². The molecule has 19 heavy (non-hydrogen) atoms. The SMILES string of the molecule is CCC1CCC(N(C)c2nccnc2C(=O)O)CC1. The smallest absolute Gasteiger partial charge is 0.358 e. The average molecular weight is 263 g/mol. The minimum Gasteiger partial charge on any atom is -0.476 e. The Balaban J connectivity index is 2.12. The molecule has 2 rings (SSSR count). The summed E-state index contributed by atoms with van der Waals surface area (Å²) in [6.07, 6.45) is 8.85. The summed E-state index contributed by atoms with van der Waals surface area (Å²) in [4.78, 5) is 21.3. The minimum absolute atomic E-state index is 0.0441. The molecule has 1 aromatic rings. The van der Waals surface area contributed by atoms with Gasteiger partial charge >= 0.3 is 5.97 Å². The summed E-state index contributed by atoms with van der Waals surface area (Å²) in [5.41, 5.74) is 0.0441. The Bertz CT molecular complexity index is 442. The van der Waals surface area contributed by atoms with Gasteiger partial charge in [-0.05, 0) is 31.6 Å². The van der Waals surface area contributed by atoms with Crippen LogP contribution in [0.25, 0.3) is 0 Å². The normalized spacial score (nSPS) is 23.1. The van der Waals surface area contributed by atoms with E-state index in [1.807, 2.05) is 11.9 Å². The minimum atomic E-state index is -1.02. The lowest BCUT2D eigenvalue weighted by molar-refractivity contribution is 0.0690. The fourth-order valence-corrected chi connectivity index (χ4v) is 2.85. The zero-order valence-electron chi connectivity index (χ0n) is 11.5. The number of anilines is 1. The molecule has 1 saturated carbocycles. The molecule has 0 radical (unpaired) electrons. The van der Waals surface area contributed by atoms with Crippen molar-refractivity contribution in [3.8, 4) is 0 Å². The predicted molar refractivity (Wildman–Crippen MR) is 73.4 cm³/mol. The highest BCUT2D eigenvalue weighted by Crippen LogP contribution is 2.31. The Hall–Kier alpha value is -1.65. The van der Waals surface area contributed by atoms with Crippen LogP contribution in [-0.4, -0.2) is 34.1 Å². The van der Waals surface area contributed by atoms with Gasteiger partial charge in [-0.25, -0.2) is 14.8 Å². The second-order valence-corrected chi connectivity index (χ2v) is 5.23. The molecule has 0 unspecified atom stereocenters. The molecule has 1 aliphatic rings. The van der Waals surface area contributed by atoms with Gasteiger partial charge < -0.3 is 10.0 Å². The summed E-state index contributed by atoms with van der Waals surface area (Å²) in [7, 11) is 1.92. The number of carboxylic acid groups (broad SMARTS) is 1. The van der Waals surface area contributed by atoms with Crippen LogP contribution in [-0.2, 0) is 0 Å². The first-order valence-electron chi connectivity index (χ1n) is 6.90. The number of carbonyl (C=O) groups is 1. The van der Waals surface area contributed by atoms with Crippen molar-refractivity contribution in [2.24, 2.45) is 5.92 Å². The van der Waals surface area contributed by atoms with Crippen LogP contribution in [0.1, 0.15) is 49.5 Å². The third-order valence-electron chi connectivity index (χ3n) is 4.16. The molecule has 104 valence electrons. The lowest BCUT2D eigenvalue weighted by Gasteiger charge is -2.35. The Morgan fingerprint density at radius 3 is 2.53 bits per heavy atom. The molecule has 0 bridgehead atoms. The van der Waals surface area contributed by atoms with Crippen LogP contribution in [0.15, 0.2) is 12.4 Å². The maximum atomic E-state index is 11.2. The first-order valence-corrected chi connectivity index (χ1v) is 6.90. The van der Waals surface area contributed by atoms with Crippen molar-refractivity contribution in [3.05, 3.63) is 18.1 Å². The van der Waals surface area contributed by atoms with Gasteiger partial charge in [-0.3, -0.25) is 0 Å². The Morgan fingerprint density at radius 2 is 1.95 bits per heavy atom. The summed E-state index contributed by atoms with van der Waals surface area (Å²) >= 11 is 0. The van der Waals surface area contributed by atoms with Crippen LogP contribution < -0.4 is 4.90 Å². The summed E-state index contributed by atoms with van der Waals surface area (Å²) in [5.74, 6) is 0.289. The van der Waals surface area contributed by atoms with Gasteiger partial charge in [0.2, 0.25) is 0 Å². The van der Waals surface area contributed by atoms with Gasteiger partial charge in [0.15, 0.2) is 11.5 Å². The monoisotopic (exact) mass is 263 g/mol. The van der Waals surface area contributed by atoms with Crippen LogP contribution >= 0.6 is 0 Å². The van der Waals surface area contributed by atoms with Crippen LogP contribution in [0, 0.1) is 5.92 Å². The lowest BCUT2D eigenvalue weighted by atomic mass is 9.84. The van der Waals surface area contributed by atoms with Crippen LogP contribution in [0.4, 0.5) is 5.82 Å². The van der Waals surface area contributed by atoms with Crippen molar-refractivity contribution in [1.82, 2.24) is 9.97 Å². The maximum absolute atomic E-state index is 11.2. The van der Waals surface area contributed by atoms with E-state index in [2.05, 4.69) is 16.9 Å². The van der Waals surface area contributed by atoms with Gasteiger partial charge in [0, 0.05) is 25.5 Å². The highest BCUT2D eigenvalue weighted by atomic mass is 16.4. The second-order valence-electron chi connectivity index (χ2n) is 5.23. The molecule has 0 saturated heterocycles. The maximum Gasteiger partial charge on any atom is 0.358 e. The number of hydrogen-bond acceptors (Lipinski definition) is 4. The lowest BCUT2D eigenvalue weighted by Crippen LogP contribution is -2.36. The van der Waals surface area contributed by atoms with E-state index in [1.165, 1.54) is 25.5 Å². The van der Waals surface area contributed by atoms with Crippen LogP contribution in [0.3, 0.4) is 0 Å². The van der Waals surface area contributed by atoms with Crippen molar-refractivity contribution in [1.29, 1.82) is 0 Å². The van der Waals surface area contributed by atoms with Crippen molar-refractivity contribution in [3.63, 3.8) is 0 Å². The van der Waals surface area contributed by atoms with E-state index in [1.54, 1.807) is 6.20 Å². The number of hydrogen-bond donors (Lipinski definition) is 1. The molecule has 0 spiro atoms.